The molecule has 0 aromatic heterocycles. The molecule has 0 atom stereocenters. The second-order valence-corrected chi connectivity index (χ2v) is 3.01. The number of benzene rings is 1. The van der Waals surface area contributed by atoms with Crippen molar-refractivity contribution >= 4 is 28.7 Å². The van der Waals surface area contributed by atoms with Gasteiger partial charge in [0.25, 0.3) is 0 Å². The summed E-state index contributed by atoms with van der Waals surface area (Å²) in [7, 11) is 0. The highest BCUT2D eigenvalue weighted by Crippen LogP contribution is 2.23. The van der Waals surface area contributed by atoms with Crippen molar-refractivity contribution in [2.24, 2.45) is 0 Å². The lowest BCUT2D eigenvalue weighted by molar-refractivity contribution is 1.28. The van der Waals surface area contributed by atoms with Crippen LogP contribution in [0.1, 0.15) is 5.56 Å². The Bertz CT molecular complexity index is 357. The first-order chi connectivity index (χ1) is 5.77. The van der Waals surface area contributed by atoms with Crippen LogP contribution in [0.25, 0.3) is 5.70 Å². The molecule has 0 bridgehead atoms. The van der Waals surface area contributed by atoms with Gasteiger partial charge in [-0.1, -0.05) is 24.8 Å². The number of hydrogen-bond donors (Lipinski definition) is 2. The van der Waals surface area contributed by atoms with Gasteiger partial charge in [-0.15, -0.1) is 0 Å². The van der Waals surface area contributed by atoms with Crippen molar-refractivity contribution in [3.63, 3.8) is 0 Å². The zero-order valence-corrected chi connectivity index (χ0v) is 7.24. The standard InChI is InChI=1S/C9H8N2S/c1-6-7-4-2-3-5-8(7)11-9(12)10-6/h2-5H,1H2,(H2,10,11,12). The van der Waals surface area contributed by atoms with Crippen LogP contribution in [0.4, 0.5) is 5.69 Å². The molecule has 1 aliphatic heterocycles. The third kappa shape index (κ3) is 1.08. The molecule has 0 saturated heterocycles. The summed E-state index contributed by atoms with van der Waals surface area (Å²) in [6.07, 6.45) is 0. The second kappa shape index (κ2) is 2.60. The molecule has 0 radical (unpaired) electrons. The van der Waals surface area contributed by atoms with Crippen LogP contribution in [0.15, 0.2) is 30.8 Å². The molecule has 1 aromatic carbocycles. The topological polar surface area (TPSA) is 24.1 Å². The Morgan fingerprint density at radius 2 is 1.92 bits per heavy atom. The van der Waals surface area contributed by atoms with Crippen molar-refractivity contribution in [2.75, 3.05) is 5.32 Å². The molecule has 1 aliphatic rings. The van der Waals surface area contributed by atoms with Crippen molar-refractivity contribution in [3.8, 4) is 0 Å². The van der Waals surface area contributed by atoms with Gasteiger partial charge in [-0.25, -0.2) is 0 Å². The van der Waals surface area contributed by atoms with Crippen molar-refractivity contribution in [1.82, 2.24) is 5.32 Å². The van der Waals surface area contributed by atoms with E-state index in [-0.39, 0.29) is 0 Å². The monoisotopic (exact) mass is 176 g/mol. The van der Waals surface area contributed by atoms with Crippen LogP contribution in [0, 0.1) is 0 Å². The Morgan fingerprint density at radius 3 is 2.75 bits per heavy atom. The Labute approximate surface area is 76.3 Å². The van der Waals surface area contributed by atoms with E-state index < -0.39 is 0 Å². The van der Waals surface area contributed by atoms with Gasteiger partial charge in [0.2, 0.25) is 0 Å². The van der Waals surface area contributed by atoms with E-state index in [2.05, 4.69) is 17.2 Å². The van der Waals surface area contributed by atoms with Crippen LogP contribution in [0.3, 0.4) is 0 Å². The molecule has 2 N–H and O–H groups in total. The summed E-state index contributed by atoms with van der Waals surface area (Å²) < 4.78 is 0. The van der Waals surface area contributed by atoms with Gasteiger partial charge in [0.05, 0.1) is 0 Å². The minimum atomic E-state index is 0.610. The lowest BCUT2D eigenvalue weighted by Crippen LogP contribution is -2.31. The normalized spacial score (nSPS) is 14.7. The van der Waals surface area contributed by atoms with Crippen molar-refractivity contribution in [3.05, 3.63) is 36.4 Å². The zero-order chi connectivity index (χ0) is 8.55. The predicted octanol–water partition coefficient (Wildman–Crippen LogP) is 1.96. The van der Waals surface area contributed by atoms with E-state index in [1.54, 1.807) is 0 Å². The van der Waals surface area contributed by atoms with Crippen LogP contribution >= 0.6 is 12.2 Å². The van der Waals surface area contributed by atoms with Crippen molar-refractivity contribution in [1.29, 1.82) is 0 Å². The maximum atomic E-state index is 4.98. The number of fused-ring (bicyclic) bond motifs is 1. The highest BCUT2D eigenvalue weighted by molar-refractivity contribution is 7.80. The van der Waals surface area contributed by atoms with E-state index in [1.807, 2.05) is 24.3 Å². The molecule has 3 heteroatoms. The number of thiocarbonyl (C=S) groups is 1. The summed E-state index contributed by atoms with van der Waals surface area (Å²) in [5, 5.41) is 6.62. The molecule has 1 heterocycles. The number of hydrogen-bond acceptors (Lipinski definition) is 1. The van der Waals surface area contributed by atoms with Gasteiger partial charge in [0.15, 0.2) is 5.11 Å². The Hall–Kier alpha value is -1.35. The Morgan fingerprint density at radius 1 is 1.17 bits per heavy atom. The molecule has 2 rings (SSSR count). The summed E-state index contributed by atoms with van der Waals surface area (Å²) >= 11 is 4.98. The van der Waals surface area contributed by atoms with Crippen LogP contribution < -0.4 is 10.6 Å². The first-order valence-electron chi connectivity index (χ1n) is 3.64. The maximum absolute atomic E-state index is 4.98. The molecule has 0 fully saturated rings. The van der Waals surface area contributed by atoms with E-state index in [0.29, 0.717) is 5.11 Å². The Kier molecular flexibility index (Phi) is 1.59. The molecule has 0 spiro atoms. The van der Waals surface area contributed by atoms with Crippen molar-refractivity contribution < 1.29 is 0 Å². The number of nitrogens with one attached hydrogen (secondary N) is 2. The highest BCUT2D eigenvalue weighted by Gasteiger charge is 2.12. The molecule has 60 valence electrons. The van der Waals surface area contributed by atoms with Crippen LogP contribution in [0.2, 0.25) is 0 Å². The summed E-state index contributed by atoms with van der Waals surface area (Å²) in [6.45, 7) is 3.87. The van der Waals surface area contributed by atoms with E-state index in [0.717, 1.165) is 16.9 Å². The average molecular weight is 176 g/mol. The first-order valence-corrected chi connectivity index (χ1v) is 4.04. The van der Waals surface area contributed by atoms with Gasteiger partial charge in [-0.2, -0.15) is 0 Å². The molecular formula is C9H8N2S. The smallest absolute Gasteiger partial charge is 0.175 e. The fourth-order valence-corrected chi connectivity index (χ4v) is 1.45. The molecule has 0 saturated carbocycles. The minimum Gasteiger partial charge on any atom is -0.332 e. The predicted molar refractivity (Wildman–Crippen MR) is 54.8 cm³/mol. The number of anilines is 1. The SMILES string of the molecule is C=C1NC(=S)Nc2ccccc21. The van der Waals surface area contributed by atoms with E-state index in [1.165, 1.54) is 0 Å². The average Bonchev–Trinajstić information content (AvgIpc) is 2.04. The van der Waals surface area contributed by atoms with Crippen LogP contribution in [-0.2, 0) is 0 Å². The summed E-state index contributed by atoms with van der Waals surface area (Å²) in [4.78, 5) is 0. The number of para-hydroxylation sites is 1. The van der Waals surface area contributed by atoms with Gasteiger partial charge in [-0.3, -0.25) is 0 Å². The summed E-state index contributed by atoms with van der Waals surface area (Å²) in [5.74, 6) is 0. The molecule has 1 aromatic rings. The summed E-state index contributed by atoms with van der Waals surface area (Å²) in [5.41, 5.74) is 2.95. The summed E-state index contributed by atoms with van der Waals surface area (Å²) in [6, 6.07) is 7.92. The lowest BCUT2D eigenvalue weighted by atomic mass is 10.1. The largest absolute Gasteiger partial charge is 0.332 e. The third-order valence-corrected chi connectivity index (χ3v) is 1.97. The molecule has 0 aliphatic carbocycles. The molecule has 0 amide bonds. The van der Waals surface area contributed by atoms with Crippen molar-refractivity contribution in [2.45, 2.75) is 0 Å². The highest BCUT2D eigenvalue weighted by atomic mass is 32.1. The van der Waals surface area contributed by atoms with E-state index in [4.69, 9.17) is 12.2 Å². The van der Waals surface area contributed by atoms with Gasteiger partial charge in [0, 0.05) is 16.9 Å². The van der Waals surface area contributed by atoms with Gasteiger partial charge in [0.1, 0.15) is 0 Å². The minimum absolute atomic E-state index is 0.610. The fourth-order valence-electron chi connectivity index (χ4n) is 1.21. The molecule has 2 nitrogen and oxygen atoms in total. The first kappa shape index (κ1) is 7.31. The second-order valence-electron chi connectivity index (χ2n) is 2.60. The Balaban J connectivity index is 2.54. The molecular weight excluding hydrogens is 168 g/mol. The lowest BCUT2D eigenvalue weighted by Gasteiger charge is -2.21. The van der Waals surface area contributed by atoms with Gasteiger partial charge < -0.3 is 10.6 Å². The van der Waals surface area contributed by atoms with Crippen LogP contribution in [-0.4, -0.2) is 5.11 Å². The zero-order valence-electron chi connectivity index (χ0n) is 6.42. The van der Waals surface area contributed by atoms with E-state index in [9.17, 15) is 0 Å². The third-order valence-electron chi connectivity index (χ3n) is 1.76. The van der Waals surface area contributed by atoms with Gasteiger partial charge in [-0.05, 0) is 18.3 Å². The molecule has 0 unspecified atom stereocenters. The van der Waals surface area contributed by atoms with Crippen LogP contribution in [0.5, 0.6) is 0 Å². The maximum Gasteiger partial charge on any atom is 0.175 e. The number of rotatable bonds is 0. The molecule has 12 heavy (non-hydrogen) atoms. The fraction of sp³-hybridized carbons (Fsp3) is 0. The van der Waals surface area contributed by atoms with Gasteiger partial charge >= 0.3 is 0 Å². The quantitative estimate of drug-likeness (QED) is 0.591. The van der Waals surface area contributed by atoms with E-state index >= 15 is 0 Å².